The average Bonchev–Trinajstić information content (AvgIpc) is 2.75. The zero-order chi connectivity index (χ0) is 13.0. The number of H-pyrrole nitrogens is 1. The van der Waals surface area contributed by atoms with Crippen molar-refractivity contribution in [2.45, 2.75) is 6.42 Å². The van der Waals surface area contributed by atoms with Crippen LogP contribution in [0.4, 0.5) is 10.2 Å². The van der Waals surface area contributed by atoms with Gasteiger partial charge in [-0.2, -0.15) is 5.10 Å². The number of nitrogens with one attached hydrogen (secondary N) is 2. The van der Waals surface area contributed by atoms with Crippen molar-refractivity contribution in [3.63, 3.8) is 0 Å². The van der Waals surface area contributed by atoms with E-state index in [1.165, 1.54) is 18.3 Å². The number of hydrogen-bond acceptors (Lipinski definition) is 3. The molecule has 0 spiro atoms. The van der Waals surface area contributed by atoms with Gasteiger partial charge in [-0.1, -0.05) is 12.1 Å². The molecule has 94 valence electrons. The lowest BCUT2D eigenvalue weighted by atomic mass is 10.1. The van der Waals surface area contributed by atoms with Gasteiger partial charge >= 0.3 is 0 Å². The first-order valence-corrected chi connectivity index (χ1v) is 5.48. The molecule has 4 N–H and O–H groups in total. The number of amides is 1. The molecule has 0 aliphatic heterocycles. The lowest BCUT2D eigenvalue weighted by Crippen LogP contribution is -2.26. The Morgan fingerprint density at radius 3 is 3.00 bits per heavy atom. The molecule has 0 atom stereocenters. The molecule has 0 saturated carbocycles. The minimum Gasteiger partial charge on any atom is -0.383 e. The smallest absolute Gasteiger partial charge is 0.256 e. The maximum absolute atomic E-state index is 12.9. The molecule has 1 amide bonds. The number of hydrogen-bond donors (Lipinski definition) is 3. The summed E-state index contributed by atoms with van der Waals surface area (Å²) in [4.78, 5) is 11.7. The van der Waals surface area contributed by atoms with Crippen LogP contribution in [0.15, 0.2) is 30.5 Å². The van der Waals surface area contributed by atoms with Crippen molar-refractivity contribution in [3.05, 3.63) is 47.4 Å². The number of carbonyl (C=O) groups excluding carboxylic acids is 1. The van der Waals surface area contributed by atoms with E-state index in [0.29, 0.717) is 18.5 Å². The Morgan fingerprint density at radius 1 is 1.50 bits per heavy atom. The Labute approximate surface area is 103 Å². The normalized spacial score (nSPS) is 10.3. The Hall–Kier alpha value is -2.37. The molecule has 2 aromatic rings. The molecular weight excluding hydrogens is 235 g/mol. The largest absolute Gasteiger partial charge is 0.383 e. The van der Waals surface area contributed by atoms with Crippen LogP contribution in [0.2, 0.25) is 0 Å². The van der Waals surface area contributed by atoms with Crippen LogP contribution >= 0.6 is 0 Å². The highest BCUT2D eigenvalue weighted by molar-refractivity contribution is 5.98. The molecule has 1 heterocycles. The summed E-state index contributed by atoms with van der Waals surface area (Å²) in [5.41, 5.74) is 6.66. The number of aromatic amines is 1. The molecule has 2 rings (SSSR count). The monoisotopic (exact) mass is 248 g/mol. The third-order valence-corrected chi connectivity index (χ3v) is 2.50. The number of rotatable bonds is 4. The summed E-state index contributed by atoms with van der Waals surface area (Å²) in [5, 5.41) is 8.84. The van der Waals surface area contributed by atoms with E-state index in [0.717, 1.165) is 5.56 Å². The highest BCUT2D eigenvalue weighted by Gasteiger charge is 2.10. The van der Waals surface area contributed by atoms with Gasteiger partial charge in [0.25, 0.3) is 5.91 Å². The lowest BCUT2D eigenvalue weighted by molar-refractivity contribution is 0.0955. The average molecular weight is 248 g/mol. The van der Waals surface area contributed by atoms with Gasteiger partial charge in [-0.05, 0) is 24.1 Å². The molecule has 0 unspecified atom stereocenters. The van der Waals surface area contributed by atoms with E-state index in [2.05, 4.69) is 15.5 Å². The van der Waals surface area contributed by atoms with E-state index in [4.69, 9.17) is 5.73 Å². The maximum Gasteiger partial charge on any atom is 0.256 e. The van der Waals surface area contributed by atoms with Crippen LogP contribution < -0.4 is 11.1 Å². The predicted octanol–water partition coefficient (Wildman–Crippen LogP) is 1.10. The second-order valence-electron chi connectivity index (χ2n) is 3.83. The maximum atomic E-state index is 12.9. The summed E-state index contributed by atoms with van der Waals surface area (Å²) < 4.78 is 12.9. The van der Waals surface area contributed by atoms with Crippen LogP contribution in [0.25, 0.3) is 0 Å². The fraction of sp³-hybridized carbons (Fsp3) is 0.167. The summed E-state index contributed by atoms with van der Waals surface area (Å²) >= 11 is 0. The molecule has 0 fully saturated rings. The summed E-state index contributed by atoms with van der Waals surface area (Å²) in [6.07, 6.45) is 1.92. The molecule has 0 radical (unpaired) electrons. The molecule has 0 aliphatic carbocycles. The predicted molar refractivity (Wildman–Crippen MR) is 65.4 cm³/mol. The molecule has 0 aliphatic rings. The second kappa shape index (κ2) is 5.31. The minimum atomic E-state index is -0.294. The van der Waals surface area contributed by atoms with Gasteiger partial charge in [-0.25, -0.2) is 4.39 Å². The van der Waals surface area contributed by atoms with Crippen LogP contribution in [-0.4, -0.2) is 22.6 Å². The summed E-state index contributed by atoms with van der Waals surface area (Å²) in [7, 11) is 0. The second-order valence-corrected chi connectivity index (χ2v) is 3.83. The molecule has 18 heavy (non-hydrogen) atoms. The van der Waals surface area contributed by atoms with Gasteiger partial charge in [0, 0.05) is 6.54 Å². The first-order valence-electron chi connectivity index (χ1n) is 5.48. The summed E-state index contributed by atoms with van der Waals surface area (Å²) in [6, 6.07) is 6.27. The first-order chi connectivity index (χ1) is 8.66. The van der Waals surface area contributed by atoms with Crippen molar-refractivity contribution in [1.29, 1.82) is 0 Å². The minimum absolute atomic E-state index is 0.234. The molecule has 0 saturated heterocycles. The number of benzene rings is 1. The number of halogens is 1. The third-order valence-electron chi connectivity index (χ3n) is 2.50. The molecule has 0 bridgehead atoms. The number of nitrogens with two attached hydrogens (primary N) is 1. The van der Waals surface area contributed by atoms with Crippen molar-refractivity contribution in [2.75, 3.05) is 12.3 Å². The van der Waals surface area contributed by atoms with Gasteiger partial charge in [0.05, 0.1) is 6.20 Å². The quantitative estimate of drug-likeness (QED) is 0.757. The lowest BCUT2D eigenvalue weighted by Gasteiger charge is -2.04. The Morgan fingerprint density at radius 2 is 2.33 bits per heavy atom. The number of aromatic nitrogens is 2. The zero-order valence-corrected chi connectivity index (χ0v) is 9.61. The van der Waals surface area contributed by atoms with Gasteiger partial charge < -0.3 is 11.1 Å². The highest BCUT2D eigenvalue weighted by atomic mass is 19.1. The topological polar surface area (TPSA) is 83.8 Å². The van der Waals surface area contributed by atoms with Crippen LogP contribution in [0.3, 0.4) is 0 Å². The Bertz CT molecular complexity index is 553. The van der Waals surface area contributed by atoms with Crippen molar-refractivity contribution in [3.8, 4) is 0 Å². The van der Waals surface area contributed by atoms with Crippen molar-refractivity contribution < 1.29 is 9.18 Å². The van der Waals surface area contributed by atoms with Crippen molar-refractivity contribution >= 4 is 11.7 Å². The van der Waals surface area contributed by atoms with Gasteiger partial charge in [-0.3, -0.25) is 9.89 Å². The van der Waals surface area contributed by atoms with Crippen molar-refractivity contribution in [2.24, 2.45) is 0 Å². The highest BCUT2D eigenvalue weighted by Crippen LogP contribution is 2.06. The standard InChI is InChI=1S/C12H13FN4O/c13-9-3-1-2-8(6-9)4-5-15-12(18)10-7-16-17-11(10)14/h1-3,6-7H,4-5H2,(H,15,18)(H3,14,16,17). The van der Waals surface area contributed by atoms with Gasteiger partial charge in [0.15, 0.2) is 0 Å². The zero-order valence-electron chi connectivity index (χ0n) is 9.61. The molecule has 1 aromatic heterocycles. The van der Waals surface area contributed by atoms with E-state index < -0.39 is 0 Å². The van der Waals surface area contributed by atoms with Crippen LogP contribution in [0.5, 0.6) is 0 Å². The molecule has 5 nitrogen and oxygen atoms in total. The number of carbonyl (C=O) groups is 1. The van der Waals surface area contributed by atoms with Gasteiger partial charge in [-0.15, -0.1) is 0 Å². The Kier molecular flexibility index (Phi) is 3.57. The number of anilines is 1. The fourth-order valence-corrected chi connectivity index (χ4v) is 1.59. The molecular formula is C12H13FN4O. The SMILES string of the molecule is Nc1[nH]ncc1C(=O)NCCc1cccc(F)c1. The number of nitrogens with zero attached hydrogens (tertiary/aromatic N) is 1. The van der Waals surface area contributed by atoms with Gasteiger partial charge in [0.1, 0.15) is 17.2 Å². The summed E-state index contributed by atoms with van der Waals surface area (Å²) in [5.74, 6) is -0.339. The van der Waals surface area contributed by atoms with Crippen LogP contribution in [0, 0.1) is 5.82 Å². The van der Waals surface area contributed by atoms with E-state index in [1.807, 2.05) is 0 Å². The van der Waals surface area contributed by atoms with Crippen LogP contribution in [-0.2, 0) is 6.42 Å². The van der Waals surface area contributed by atoms with E-state index in [9.17, 15) is 9.18 Å². The summed E-state index contributed by atoms with van der Waals surface area (Å²) in [6.45, 7) is 0.410. The van der Waals surface area contributed by atoms with Crippen molar-refractivity contribution in [1.82, 2.24) is 15.5 Å². The van der Waals surface area contributed by atoms with Gasteiger partial charge in [0.2, 0.25) is 0 Å². The molecule has 1 aromatic carbocycles. The molecule has 6 heteroatoms. The fourth-order valence-electron chi connectivity index (χ4n) is 1.59. The van der Waals surface area contributed by atoms with E-state index in [-0.39, 0.29) is 17.5 Å². The van der Waals surface area contributed by atoms with E-state index >= 15 is 0 Å². The third kappa shape index (κ3) is 2.85. The first kappa shape index (κ1) is 12.1. The Balaban J connectivity index is 1.86. The van der Waals surface area contributed by atoms with Crippen LogP contribution in [0.1, 0.15) is 15.9 Å². The number of nitrogen functional groups attached to an aromatic ring is 1. The van der Waals surface area contributed by atoms with E-state index in [1.54, 1.807) is 12.1 Å².